The van der Waals surface area contributed by atoms with Gasteiger partial charge in [-0.25, -0.2) is 39.5 Å². The van der Waals surface area contributed by atoms with Crippen molar-refractivity contribution in [1.82, 2.24) is 64.5 Å². The number of aromatic nitrogens is 10. The molecule has 558 valence electrons. The van der Waals surface area contributed by atoms with Crippen molar-refractivity contribution in [2.24, 2.45) is 5.73 Å². The van der Waals surface area contributed by atoms with E-state index in [1.807, 2.05) is 0 Å². The third-order valence-corrected chi connectivity index (χ3v) is 19.2. The molecule has 14 rings (SSSR count). The summed E-state index contributed by atoms with van der Waals surface area (Å²) in [4.78, 5) is 156. The van der Waals surface area contributed by atoms with E-state index in [4.69, 9.17) is 73.1 Å². The zero-order valence-corrected chi connectivity index (χ0v) is 63.6. The van der Waals surface area contributed by atoms with E-state index in [9.17, 15) is 52.7 Å². The Labute approximate surface area is 635 Å². The molecule has 7 aromatic rings. The zero-order chi connectivity index (χ0) is 76.7. The van der Waals surface area contributed by atoms with Crippen molar-refractivity contribution in [1.29, 1.82) is 0 Å². The average molecular weight is 1660 g/mol. The van der Waals surface area contributed by atoms with E-state index in [0.717, 1.165) is 77.0 Å². The Morgan fingerprint density at radius 1 is 0.476 bits per heavy atom. The Morgan fingerprint density at radius 2 is 0.819 bits per heavy atom. The summed E-state index contributed by atoms with van der Waals surface area (Å²) >= 11 is 30.4. The Kier molecular flexibility index (Phi) is 24.9. The first-order valence-corrected chi connectivity index (χ1v) is 35.9. The van der Waals surface area contributed by atoms with E-state index >= 15 is 0 Å². The fourth-order valence-electron chi connectivity index (χ4n) is 12.6. The van der Waals surface area contributed by atoms with Crippen LogP contribution in [0.5, 0.6) is 0 Å². The number of ether oxygens (including phenoxy) is 2. The minimum Gasteiger partial charge on any atom is -0.444 e. The number of nitrogens with one attached hydrogen (secondary N) is 8. The van der Waals surface area contributed by atoms with E-state index in [-0.39, 0.29) is 106 Å². The molecular formula is C66H74Br2Cl4N20O13. The van der Waals surface area contributed by atoms with Crippen LogP contribution in [0, 0.1) is 0 Å². The largest absolute Gasteiger partial charge is 0.444 e. The Bertz CT molecular complexity index is 4820. The molecule has 0 bridgehead atoms. The zero-order valence-electron chi connectivity index (χ0n) is 57.4. The van der Waals surface area contributed by atoms with Gasteiger partial charge in [0.25, 0.3) is 45.9 Å². The van der Waals surface area contributed by atoms with Crippen molar-refractivity contribution in [3.05, 3.63) is 155 Å². The summed E-state index contributed by atoms with van der Waals surface area (Å²) in [7, 11) is 0. The molecule has 6 amide bonds. The van der Waals surface area contributed by atoms with Gasteiger partial charge < -0.3 is 58.2 Å². The number of halogens is 6. The minimum atomic E-state index is -0.760. The van der Waals surface area contributed by atoms with Crippen LogP contribution in [0.3, 0.4) is 0 Å². The summed E-state index contributed by atoms with van der Waals surface area (Å²) in [5, 5.41) is 20.4. The number of carbonyl (C=O) groups excluding carboxylic acids is 7. The van der Waals surface area contributed by atoms with Gasteiger partial charge in [0, 0.05) is 31.0 Å². The van der Waals surface area contributed by atoms with Crippen LogP contribution in [0.2, 0.25) is 20.1 Å². The van der Waals surface area contributed by atoms with Crippen molar-refractivity contribution in [2.45, 2.75) is 172 Å². The van der Waals surface area contributed by atoms with Crippen LogP contribution in [0.25, 0.3) is 0 Å². The highest BCUT2D eigenvalue weighted by Crippen LogP contribution is 2.43. The third kappa shape index (κ3) is 19.1. The predicted octanol–water partition coefficient (Wildman–Crippen LogP) is 10.6. The molecule has 105 heavy (non-hydrogen) atoms. The molecule has 14 N–H and O–H groups in total. The average Bonchev–Trinajstić information content (AvgIpc) is 1.59. The molecule has 7 aliphatic rings. The number of ketones is 1. The topological polar surface area (TPSA) is 476 Å². The molecule has 4 saturated carbocycles. The Hall–Kier alpha value is -9.55. The van der Waals surface area contributed by atoms with E-state index in [0.29, 0.717) is 58.3 Å². The van der Waals surface area contributed by atoms with Gasteiger partial charge in [-0.1, -0.05) is 46.4 Å². The fourth-order valence-corrected chi connectivity index (χ4v) is 14.7. The van der Waals surface area contributed by atoms with Gasteiger partial charge in [-0.15, -0.1) is 0 Å². The monoisotopic (exact) mass is 1650 g/mol. The number of fused-ring (bicyclic) bond motifs is 6. The first kappa shape index (κ1) is 79.6. The maximum Gasteiger partial charge on any atom is 0.413 e. The molecule has 0 radical (unpaired) electrons. The summed E-state index contributed by atoms with van der Waals surface area (Å²) in [6, 6.07) is 10.1. The molecule has 4 fully saturated rings. The van der Waals surface area contributed by atoms with Crippen LogP contribution >= 0.6 is 78.3 Å². The summed E-state index contributed by atoms with van der Waals surface area (Å²) in [5.41, 5.74) is 12.5. The molecule has 7 aromatic heterocycles. The van der Waals surface area contributed by atoms with Crippen molar-refractivity contribution in [2.75, 3.05) is 32.7 Å². The molecule has 0 saturated heterocycles. The first-order valence-electron chi connectivity index (χ1n) is 32.8. The third-order valence-electron chi connectivity index (χ3n) is 16.9. The summed E-state index contributed by atoms with van der Waals surface area (Å²) in [6.45, 7) is 10.6. The van der Waals surface area contributed by atoms with Crippen LogP contribution in [0.4, 0.5) is 55.9 Å². The second-order valence-electron chi connectivity index (χ2n) is 26.9. The predicted molar refractivity (Wildman–Crippen MR) is 400 cm³/mol. The molecule has 0 unspecified atom stereocenters. The molecule has 39 heteroatoms. The van der Waals surface area contributed by atoms with Crippen LogP contribution in [-0.4, -0.2) is 101 Å². The van der Waals surface area contributed by atoms with Gasteiger partial charge >= 0.3 is 12.2 Å². The molecule has 4 aliphatic carbocycles. The SMILES string of the molecule is CC(C)(C)OC(=O)Nc1cc(N)ncn1.CC(C)(C)OC(=O)Nc1cc(Nc2cc(Cl)c3n(c2=O)C2(CCCC2)NC3=O)ncn1.NC(=O)c1[nH]c(=O)c(Br)cc1Cl.Nc1cc(Nc2cc(Cl)c3n(c2=O)C2(CCCC2)NC3=O)ncn1.O=C1CCCC1.O=C1NC2(CCCC2)n2c1c(Cl)cc(Br)c2=O. The summed E-state index contributed by atoms with van der Waals surface area (Å²) < 4.78 is 15.4. The van der Waals surface area contributed by atoms with Crippen molar-refractivity contribution in [3.63, 3.8) is 0 Å². The van der Waals surface area contributed by atoms with Crippen molar-refractivity contribution >= 4 is 166 Å². The normalized spacial score (nSPS) is 16.3. The van der Waals surface area contributed by atoms with Gasteiger partial charge in [-0.2, -0.15) is 0 Å². The number of nitrogens with two attached hydrogens (primary N) is 3. The number of rotatable bonds is 7. The lowest BCUT2D eigenvalue weighted by atomic mass is 10.1. The standard InChI is InChI=1S/C20H23ClN6O4.C15H15ClN6O2.C11H10BrClN2O2.C9H14N4O2.C6H4BrClN2O2.C5H8O/c1-19(2,3)31-18(30)25-14-9-13(22-10-23-14)24-12-8-11(21)15-16(28)26-20(6-4-5-7-20)27(15)17(12)29;16-8-5-9(20-11-6-10(17)18-7-19-11)14(24)22-12(8)13(23)21-15(22)3-1-2-4-15;12-6-5-7(13)8-9(16)14-11(3-1-2-4-11)15(8)10(6)17;1-9(2,3)15-8(14)13-7-4-6(10)11-5-12-7;7-2-1-3(8)4(5(9)11)10-6(2)12;6-5-3-1-2-4-5/h8-10H,4-7H2,1-3H3,(H,26,28)(H2,22,23,24,25,30);5-7H,1-4H2,(H,21,23)(H3,17,18,19,20);5H,1-4H2,(H,14,16);4-5H,1-3H3,(H3,10,11,12,13,14);1H,(H2,9,11)(H,10,12);1-4H2. The van der Waals surface area contributed by atoms with Gasteiger partial charge in [-0.05, 0) is 188 Å². The number of H-pyrrole nitrogens is 1. The van der Waals surface area contributed by atoms with Crippen LogP contribution < -0.4 is 76.7 Å². The number of nitrogen functional groups attached to an aromatic ring is 2. The second-order valence-corrected chi connectivity index (χ2v) is 30.3. The van der Waals surface area contributed by atoms with Gasteiger partial charge in [-0.3, -0.25) is 67.5 Å². The fraction of sp³-hybridized carbons (Fsp3) is 0.409. The highest BCUT2D eigenvalue weighted by atomic mass is 79.9. The quantitative estimate of drug-likeness (QED) is 0.0706. The maximum atomic E-state index is 13.3. The Morgan fingerprint density at radius 3 is 1.19 bits per heavy atom. The van der Waals surface area contributed by atoms with Crippen molar-refractivity contribution < 1.29 is 43.0 Å². The van der Waals surface area contributed by atoms with E-state index < -0.39 is 51.8 Å². The molecule has 0 aromatic carbocycles. The highest BCUT2D eigenvalue weighted by Gasteiger charge is 2.49. The van der Waals surface area contributed by atoms with Crippen LogP contribution in [-0.2, 0) is 31.3 Å². The number of amides is 6. The second kappa shape index (κ2) is 32.9. The van der Waals surface area contributed by atoms with Gasteiger partial charge in [0.1, 0.15) is 122 Å². The minimum absolute atomic E-state index is 0.0788. The molecule has 0 atom stereocenters. The molecule has 3 spiro atoms. The number of hydrogen-bond acceptors (Lipinski definition) is 23. The van der Waals surface area contributed by atoms with Crippen LogP contribution in [0.15, 0.2) is 89.6 Å². The molecule has 33 nitrogen and oxygen atoms in total. The Balaban J connectivity index is 0.000000154. The number of hydrogen-bond donors (Lipinski definition) is 11. The van der Waals surface area contributed by atoms with E-state index in [1.165, 1.54) is 75.1 Å². The van der Waals surface area contributed by atoms with Gasteiger partial charge in [0.2, 0.25) is 0 Å². The lowest BCUT2D eigenvalue weighted by Crippen LogP contribution is -2.45. The number of nitrogens with zero attached hydrogens (tertiary/aromatic N) is 9. The molecule has 10 heterocycles. The number of carbonyl (C=O) groups is 7. The maximum absolute atomic E-state index is 13.3. The summed E-state index contributed by atoms with van der Waals surface area (Å²) in [6.07, 6.45) is 16.6. The molecule has 3 aliphatic heterocycles. The lowest BCUT2D eigenvalue weighted by molar-refractivity contribution is -0.117. The number of Topliss-reactive ketones (excluding diaryl/α,β-unsaturated/α-hetero) is 1. The number of aromatic amines is 1. The number of anilines is 8. The van der Waals surface area contributed by atoms with Crippen LogP contribution in [0.1, 0.15) is 186 Å². The number of primary amides is 1. The van der Waals surface area contributed by atoms with E-state index in [1.54, 1.807) is 41.5 Å². The van der Waals surface area contributed by atoms with Crippen molar-refractivity contribution in [3.8, 4) is 0 Å². The van der Waals surface area contributed by atoms with Gasteiger partial charge in [0.15, 0.2) is 0 Å². The first-order chi connectivity index (χ1) is 49.4. The van der Waals surface area contributed by atoms with Gasteiger partial charge in [0.05, 0.1) is 29.0 Å². The molecular weight excluding hydrogens is 1580 g/mol. The highest BCUT2D eigenvalue weighted by molar-refractivity contribution is 9.10. The lowest BCUT2D eigenvalue weighted by Gasteiger charge is -2.26. The smallest absolute Gasteiger partial charge is 0.413 e. The summed E-state index contributed by atoms with van der Waals surface area (Å²) in [5.74, 6) is 0.529. The number of pyridine rings is 4. The van der Waals surface area contributed by atoms with E-state index in [2.05, 4.69) is 104 Å².